The van der Waals surface area contributed by atoms with Crippen LogP contribution in [0.5, 0.6) is 17.2 Å². The number of carbonyl (C=O) groups is 2. The molecule has 0 atom stereocenters. The zero-order valence-corrected chi connectivity index (χ0v) is 14.9. The molecule has 3 aromatic rings. The standard InChI is InChI=1S/C19H16N2O6/c1-11(22)25-16-7-5-4-6-14(16)18-20-19(27-21-18)15-10-13(24-3)8-9-17(15)26-12(2)23/h4-10H,1-3H3. The third-order valence-electron chi connectivity index (χ3n) is 3.48. The Kier molecular flexibility index (Phi) is 5.16. The second kappa shape index (κ2) is 7.69. The van der Waals surface area contributed by atoms with Gasteiger partial charge in [-0.3, -0.25) is 9.59 Å². The molecule has 0 fully saturated rings. The lowest BCUT2D eigenvalue weighted by Gasteiger charge is -2.07. The summed E-state index contributed by atoms with van der Waals surface area (Å²) in [6.45, 7) is 2.60. The van der Waals surface area contributed by atoms with Crippen molar-refractivity contribution in [1.29, 1.82) is 0 Å². The molecule has 0 spiro atoms. The fourth-order valence-corrected chi connectivity index (χ4v) is 2.38. The first-order valence-corrected chi connectivity index (χ1v) is 7.96. The lowest BCUT2D eigenvalue weighted by molar-refractivity contribution is -0.132. The second-order valence-corrected chi connectivity index (χ2v) is 5.47. The summed E-state index contributed by atoms with van der Waals surface area (Å²) in [5, 5.41) is 3.95. The number of para-hydroxylation sites is 1. The van der Waals surface area contributed by atoms with Gasteiger partial charge in [0, 0.05) is 13.8 Å². The fourth-order valence-electron chi connectivity index (χ4n) is 2.38. The molecule has 3 rings (SSSR count). The number of carbonyl (C=O) groups excluding carboxylic acids is 2. The Morgan fingerprint density at radius 3 is 2.26 bits per heavy atom. The lowest BCUT2D eigenvalue weighted by atomic mass is 10.1. The van der Waals surface area contributed by atoms with Crippen molar-refractivity contribution in [1.82, 2.24) is 10.1 Å². The number of aromatic nitrogens is 2. The minimum atomic E-state index is -0.485. The molecule has 1 heterocycles. The van der Waals surface area contributed by atoms with Gasteiger partial charge in [-0.2, -0.15) is 4.98 Å². The Bertz CT molecular complexity index is 995. The van der Waals surface area contributed by atoms with Crippen LogP contribution in [0.15, 0.2) is 47.0 Å². The van der Waals surface area contributed by atoms with Gasteiger partial charge in [-0.05, 0) is 30.3 Å². The number of hydrogen-bond acceptors (Lipinski definition) is 8. The van der Waals surface area contributed by atoms with Crippen LogP contribution in [0.25, 0.3) is 22.8 Å². The van der Waals surface area contributed by atoms with Gasteiger partial charge >= 0.3 is 11.9 Å². The summed E-state index contributed by atoms with van der Waals surface area (Å²) >= 11 is 0. The van der Waals surface area contributed by atoms with Gasteiger partial charge in [0.05, 0.1) is 18.2 Å². The van der Waals surface area contributed by atoms with Gasteiger partial charge in [0.15, 0.2) is 0 Å². The van der Waals surface area contributed by atoms with Gasteiger partial charge in [-0.1, -0.05) is 17.3 Å². The van der Waals surface area contributed by atoms with Crippen molar-refractivity contribution in [2.75, 3.05) is 7.11 Å². The van der Waals surface area contributed by atoms with E-state index < -0.39 is 11.9 Å². The molecule has 0 bridgehead atoms. The molecule has 2 aromatic carbocycles. The van der Waals surface area contributed by atoms with Crippen LogP contribution in [0.4, 0.5) is 0 Å². The van der Waals surface area contributed by atoms with E-state index in [0.29, 0.717) is 22.6 Å². The van der Waals surface area contributed by atoms with Gasteiger partial charge < -0.3 is 18.7 Å². The molecule has 0 aliphatic carbocycles. The predicted octanol–water partition coefficient (Wildman–Crippen LogP) is 3.26. The van der Waals surface area contributed by atoms with Crippen molar-refractivity contribution in [2.45, 2.75) is 13.8 Å². The van der Waals surface area contributed by atoms with E-state index in [1.807, 2.05) is 0 Å². The van der Waals surface area contributed by atoms with Crippen molar-refractivity contribution >= 4 is 11.9 Å². The van der Waals surface area contributed by atoms with Crippen LogP contribution in [-0.2, 0) is 9.59 Å². The number of ether oxygens (including phenoxy) is 3. The van der Waals surface area contributed by atoms with E-state index in [0.717, 1.165) is 0 Å². The first-order chi connectivity index (χ1) is 13.0. The molecule has 0 unspecified atom stereocenters. The molecular weight excluding hydrogens is 352 g/mol. The quantitative estimate of drug-likeness (QED) is 0.500. The first-order valence-electron chi connectivity index (χ1n) is 7.96. The van der Waals surface area contributed by atoms with Gasteiger partial charge in [-0.25, -0.2) is 0 Å². The van der Waals surface area contributed by atoms with E-state index in [2.05, 4.69) is 10.1 Å². The lowest BCUT2D eigenvalue weighted by Crippen LogP contribution is -2.03. The van der Waals surface area contributed by atoms with E-state index in [1.165, 1.54) is 21.0 Å². The Morgan fingerprint density at radius 1 is 0.926 bits per heavy atom. The van der Waals surface area contributed by atoms with Crippen molar-refractivity contribution in [3.63, 3.8) is 0 Å². The van der Waals surface area contributed by atoms with Gasteiger partial charge in [0.1, 0.15) is 17.2 Å². The zero-order chi connectivity index (χ0) is 19.4. The van der Waals surface area contributed by atoms with Gasteiger partial charge in [0.2, 0.25) is 5.82 Å². The Morgan fingerprint density at radius 2 is 1.59 bits per heavy atom. The van der Waals surface area contributed by atoms with Crippen molar-refractivity contribution in [3.8, 4) is 40.1 Å². The first kappa shape index (κ1) is 18.1. The molecule has 0 saturated heterocycles. The van der Waals surface area contributed by atoms with Crippen LogP contribution in [0.3, 0.4) is 0 Å². The van der Waals surface area contributed by atoms with Crippen LogP contribution in [-0.4, -0.2) is 29.2 Å². The summed E-state index contributed by atoms with van der Waals surface area (Å²) in [7, 11) is 1.51. The van der Waals surface area contributed by atoms with Crippen LogP contribution >= 0.6 is 0 Å². The maximum atomic E-state index is 11.4. The highest BCUT2D eigenvalue weighted by atomic mass is 16.5. The van der Waals surface area contributed by atoms with Crippen molar-refractivity contribution in [3.05, 3.63) is 42.5 Å². The second-order valence-electron chi connectivity index (χ2n) is 5.47. The summed E-state index contributed by atoms with van der Waals surface area (Å²) in [6, 6.07) is 11.7. The Labute approximate surface area is 154 Å². The summed E-state index contributed by atoms with van der Waals surface area (Å²) in [5.74, 6) is 0.490. The molecule has 0 saturated carbocycles. The van der Waals surface area contributed by atoms with E-state index in [1.54, 1.807) is 42.5 Å². The molecule has 8 nitrogen and oxygen atoms in total. The van der Waals surface area contributed by atoms with Gasteiger partial charge in [-0.15, -0.1) is 0 Å². The molecule has 27 heavy (non-hydrogen) atoms. The Balaban J connectivity index is 2.04. The monoisotopic (exact) mass is 368 g/mol. The van der Waals surface area contributed by atoms with Gasteiger partial charge in [0.25, 0.3) is 5.89 Å². The van der Waals surface area contributed by atoms with Crippen molar-refractivity contribution < 1.29 is 28.3 Å². The summed E-state index contributed by atoms with van der Waals surface area (Å²) in [4.78, 5) is 27.0. The maximum Gasteiger partial charge on any atom is 0.308 e. The molecule has 0 aliphatic rings. The van der Waals surface area contributed by atoms with E-state index >= 15 is 0 Å². The van der Waals surface area contributed by atoms with Crippen LogP contribution in [0, 0.1) is 0 Å². The summed E-state index contributed by atoms with van der Waals surface area (Å²) in [5.41, 5.74) is 0.882. The topological polar surface area (TPSA) is 101 Å². The minimum Gasteiger partial charge on any atom is -0.497 e. The summed E-state index contributed by atoms with van der Waals surface area (Å²) in [6.07, 6.45) is 0. The molecule has 1 aromatic heterocycles. The highest BCUT2D eigenvalue weighted by Crippen LogP contribution is 2.35. The predicted molar refractivity (Wildman–Crippen MR) is 94.3 cm³/mol. The average molecular weight is 368 g/mol. The highest BCUT2D eigenvalue weighted by molar-refractivity contribution is 5.76. The number of rotatable bonds is 5. The zero-order valence-electron chi connectivity index (χ0n) is 14.9. The molecule has 8 heteroatoms. The largest absolute Gasteiger partial charge is 0.497 e. The molecular formula is C19H16N2O6. The van der Waals surface area contributed by atoms with E-state index in [4.69, 9.17) is 18.7 Å². The fraction of sp³-hybridized carbons (Fsp3) is 0.158. The highest BCUT2D eigenvalue weighted by Gasteiger charge is 2.19. The number of benzene rings is 2. The Hall–Kier alpha value is -3.68. The maximum absolute atomic E-state index is 11.4. The number of methoxy groups -OCH3 is 1. The van der Waals surface area contributed by atoms with Crippen molar-refractivity contribution in [2.24, 2.45) is 0 Å². The normalized spacial score (nSPS) is 10.3. The minimum absolute atomic E-state index is 0.123. The smallest absolute Gasteiger partial charge is 0.308 e. The number of hydrogen-bond donors (Lipinski definition) is 0. The van der Waals surface area contributed by atoms with Crippen LogP contribution < -0.4 is 14.2 Å². The SMILES string of the molecule is COc1ccc(OC(C)=O)c(-c2nc(-c3ccccc3OC(C)=O)no2)c1. The summed E-state index contributed by atoms with van der Waals surface area (Å²) < 4.78 is 20.9. The van der Waals surface area contributed by atoms with E-state index in [-0.39, 0.29) is 17.5 Å². The van der Waals surface area contributed by atoms with Crippen LogP contribution in [0.2, 0.25) is 0 Å². The van der Waals surface area contributed by atoms with Crippen LogP contribution in [0.1, 0.15) is 13.8 Å². The number of nitrogens with zero attached hydrogens (tertiary/aromatic N) is 2. The third-order valence-corrected chi connectivity index (χ3v) is 3.48. The molecule has 0 radical (unpaired) electrons. The molecule has 0 N–H and O–H groups in total. The molecule has 0 amide bonds. The molecule has 0 aliphatic heterocycles. The number of esters is 2. The average Bonchev–Trinajstić information content (AvgIpc) is 3.11. The van der Waals surface area contributed by atoms with E-state index in [9.17, 15) is 9.59 Å². The third kappa shape index (κ3) is 4.12. The molecule has 138 valence electrons.